The smallest absolute Gasteiger partial charge is 0.178 e. The lowest BCUT2D eigenvalue weighted by atomic mass is 10.2. The fourth-order valence-corrected chi connectivity index (χ4v) is 2.79. The Kier molecular flexibility index (Phi) is 6.83. The van der Waals surface area contributed by atoms with Gasteiger partial charge in [0.1, 0.15) is 0 Å². The Labute approximate surface area is 154 Å². The van der Waals surface area contributed by atoms with Crippen LogP contribution in [-0.2, 0) is 0 Å². The van der Waals surface area contributed by atoms with Crippen LogP contribution in [0.25, 0.3) is 0 Å². The summed E-state index contributed by atoms with van der Waals surface area (Å²) in [7, 11) is 1.60. The van der Waals surface area contributed by atoms with Crippen molar-refractivity contribution in [2.75, 3.05) is 19.1 Å². The first kappa shape index (κ1) is 18.5. The molecule has 7 heteroatoms. The van der Waals surface area contributed by atoms with Crippen molar-refractivity contribution in [2.24, 2.45) is 5.10 Å². The minimum Gasteiger partial charge on any atom is -0.493 e. The Morgan fingerprint density at radius 3 is 2.54 bits per heavy atom. The fraction of sp³-hybridized carbons (Fsp3) is 0.235. The second-order valence-corrected chi connectivity index (χ2v) is 5.99. The van der Waals surface area contributed by atoms with E-state index in [1.807, 2.05) is 19.1 Å². The zero-order chi connectivity index (χ0) is 17.5. The van der Waals surface area contributed by atoms with Crippen LogP contribution in [0.15, 0.2) is 41.5 Å². The van der Waals surface area contributed by atoms with Gasteiger partial charge in [0.15, 0.2) is 17.8 Å². The summed E-state index contributed by atoms with van der Waals surface area (Å²) in [4.78, 5) is 0. The number of hydrogen-bond acceptors (Lipinski definition) is 6. The van der Waals surface area contributed by atoms with Crippen LogP contribution < -0.4 is 14.9 Å². The number of aliphatic hydroxyl groups is 2. The van der Waals surface area contributed by atoms with Gasteiger partial charge in [0.2, 0.25) is 0 Å². The average Bonchev–Trinajstić information content (AvgIpc) is 2.57. The molecular weight excluding hydrogens is 423 g/mol. The molecule has 24 heavy (non-hydrogen) atoms. The molecule has 2 rings (SSSR count). The van der Waals surface area contributed by atoms with Crippen LogP contribution >= 0.6 is 22.6 Å². The molecular formula is C17H19IN2O4. The number of nitrogens with zero attached hydrogens (tertiary/aromatic N) is 1. The van der Waals surface area contributed by atoms with Crippen molar-refractivity contribution >= 4 is 34.5 Å². The van der Waals surface area contributed by atoms with Gasteiger partial charge in [0, 0.05) is 5.56 Å². The highest BCUT2D eigenvalue weighted by Crippen LogP contribution is 2.33. The van der Waals surface area contributed by atoms with E-state index in [2.05, 4.69) is 33.1 Å². The predicted molar refractivity (Wildman–Crippen MR) is 102 cm³/mol. The van der Waals surface area contributed by atoms with Crippen LogP contribution in [0, 0.1) is 3.57 Å². The van der Waals surface area contributed by atoms with Crippen molar-refractivity contribution in [3.8, 4) is 11.5 Å². The molecule has 0 saturated carbocycles. The van der Waals surface area contributed by atoms with Gasteiger partial charge in [-0.1, -0.05) is 12.1 Å². The molecule has 2 aromatic rings. The molecule has 128 valence electrons. The highest BCUT2D eigenvalue weighted by molar-refractivity contribution is 14.1. The van der Waals surface area contributed by atoms with Crippen molar-refractivity contribution < 1.29 is 19.7 Å². The zero-order valence-corrected chi connectivity index (χ0v) is 15.5. The Bertz CT molecular complexity index is 702. The number of methoxy groups -OCH3 is 1. The SMILES string of the molecule is CCOc1c(I)cc(/C=N\Nc2ccc(C(O)O)cc2)cc1OC. The van der Waals surface area contributed by atoms with Crippen LogP contribution in [0.4, 0.5) is 5.69 Å². The Morgan fingerprint density at radius 1 is 1.25 bits per heavy atom. The molecule has 0 amide bonds. The van der Waals surface area contributed by atoms with Crippen molar-refractivity contribution in [3.63, 3.8) is 0 Å². The van der Waals surface area contributed by atoms with Crippen LogP contribution in [0.2, 0.25) is 0 Å². The van der Waals surface area contributed by atoms with Crippen molar-refractivity contribution in [2.45, 2.75) is 13.2 Å². The van der Waals surface area contributed by atoms with Crippen LogP contribution in [-0.4, -0.2) is 30.1 Å². The Morgan fingerprint density at radius 2 is 1.96 bits per heavy atom. The molecule has 0 saturated heterocycles. The molecule has 0 aliphatic carbocycles. The van der Waals surface area contributed by atoms with Crippen LogP contribution in [0.3, 0.4) is 0 Å². The van der Waals surface area contributed by atoms with Crippen molar-refractivity contribution in [1.82, 2.24) is 0 Å². The highest BCUT2D eigenvalue weighted by atomic mass is 127. The molecule has 0 fully saturated rings. The van der Waals surface area contributed by atoms with Gasteiger partial charge in [-0.2, -0.15) is 5.10 Å². The summed E-state index contributed by atoms with van der Waals surface area (Å²) in [6, 6.07) is 10.5. The van der Waals surface area contributed by atoms with E-state index in [1.54, 1.807) is 37.6 Å². The van der Waals surface area contributed by atoms with E-state index >= 15 is 0 Å². The molecule has 3 N–H and O–H groups in total. The van der Waals surface area contributed by atoms with Crippen LogP contribution in [0.1, 0.15) is 24.3 Å². The molecule has 6 nitrogen and oxygen atoms in total. The van der Waals surface area contributed by atoms with Gasteiger partial charge < -0.3 is 19.7 Å². The first-order chi connectivity index (χ1) is 11.5. The minimum atomic E-state index is -1.47. The van der Waals surface area contributed by atoms with E-state index in [4.69, 9.17) is 19.7 Å². The molecule has 2 aromatic carbocycles. The third-order valence-corrected chi connectivity index (χ3v) is 3.96. The van der Waals surface area contributed by atoms with Crippen molar-refractivity contribution in [3.05, 3.63) is 51.1 Å². The summed E-state index contributed by atoms with van der Waals surface area (Å²) >= 11 is 2.20. The molecule has 0 bridgehead atoms. The normalized spacial score (nSPS) is 11.1. The molecule has 0 spiro atoms. The largest absolute Gasteiger partial charge is 0.493 e. The number of ether oxygens (including phenoxy) is 2. The Hall–Kier alpha value is -1.84. The average molecular weight is 442 g/mol. The first-order valence-corrected chi connectivity index (χ1v) is 8.38. The van der Waals surface area contributed by atoms with Gasteiger partial charge in [-0.3, -0.25) is 5.43 Å². The summed E-state index contributed by atoms with van der Waals surface area (Å²) in [5.74, 6) is 1.38. The van der Waals surface area contributed by atoms with E-state index < -0.39 is 6.29 Å². The molecule has 0 aliphatic heterocycles. The van der Waals surface area contributed by atoms with Crippen molar-refractivity contribution in [1.29, 1.82) is 0 Å². The van der Waals surface area contributed by atoms with E-state index in [1.165, 1.54) is 0 Å². The number of anilines is 1. The maximum absolute atomic E-state index is 9.06. The topological polar surface area (TPSA) is 83.3 Å². The third-order valence-electron chi connectivity index (χ3n) is 3.16. The summed E-state index contributed by atoms with van der Waals surface area (Å²) in [6.45, 7) is 2.50. The van der Waals surface area contributed by atoms with Gasteiger partial charge in [-0.15, -0.1) is 0 Å². The summed E-state index contributed by atoms with van der Waals surface area (Å²) in [5.41, 5.74) is 4.92. The predicted octanol–water partition coefficient (Wildman–Crippen LogP) is 3.13. The van der Waals surface area contributed by atoms with Gasteiger partial charge >= 0.3 is 0 Å². The molecule has 0 radical (unpaired) electrons. The lowest BCUT2D eigenvalue weighted by Gasteiger charge is -2.12. The van der Waals surface area contributed by atoms with E-state index in [0.717, 1.165) is 20.6 Å². The lowest BCUT2D eigenvalue weighted by molar-refractivity contribution is -0.0424. The summed E-state index contributed by atoms with van der Waals surface area (Å²) < 4.78 is 11.9. The standard InChI is InChI=1S/C17H19IN2O4/c1-3-24-16-14(18)8-11(9-15(16)23-2)10-19-20-13-6-4-12(5-7-13)17(21)22/h4-10,17,20-22H,3H2,1-2H3/b19-10-. The third kappa shape index (κ3) is 4.83. The number of aliphatic hydroxyl groups excluding tert-OH is 1. The highest BCUT2D eigenvalue weighted by Gasteiger charge is 2.10. The monoisotopic (exact) mass is 442 g/mol. The number of nitrogens with one attached hydrogen (secondary N) is 1. The first-order valence-electron chi connectivity index (χ1n) is 7.30. The molecule has 0 atom stereocenters. The van der Waals surface area contributed by atoms with Gasteiger partial charge in [0.25, 0.3) is 0 Å². The number of benzene rings is 2. The number of rotatable bonds is 7. The number of hydrogen-bond donors (Lipinski definition) is 3. The molecule has 0 heterocycles. The van der Waals surface area contributed by atoms with E-state index in [0.29, 0.717) is 17.9 Å². The quantitative estimate of drug-likeness (QED) is 0.266. The maximum Gasteiger partial charge on any atom is 0.178 e. The van der Waals surface area contributed by atoms with E-state index in [9.17, 15) is 0 Å². The van der Waals surface area contributed by atoms with E-state index in [-0.39, 0.29) is 0 Å². The van der Waals surface area contributed by atoms with Gasteiger partial charge in [-0.25, -0.2) is 0 Å². The second-order valence-electron chi connectivity index (χ2n) is 4.83. The van der Waals surface area contributed by atoms with Gasteiger partial charge in [-0.05, 0) is 59.3 Å². The Balaban J connectivity index is 2.10. The maximum atomic E-state index is 9.06. The van der Waals surface area contributed by atoms with Gasteiger partial charge in [0.05, 0.1) is 29.2 Å². The second kappa shape index (κ2) is 8.86. The lowest BCUT2D eigenvalue weighted by Crippen LogP contribution is -1.99. The number of halogens is 1. The summed E-state index contributed by atoms with van der Waals surface area (Å²) in [6.07, 6.45) is 0.204. The summed E-state index contributed by atoms with van der Waals surface area (Å²) in [5, 5.41) is 22.3. The molecule has 0 aromatic heterocycles. The molecule has 0 aliphatic rings. The fourth-order valence-electron chi connectivity index (χ4n) is 2.01. The number of hydrazone groups is 1. The minimum absolute atomic E-state index is 0.426. The zero-order valence-electron chi connectivity index (χ0n) is 13.4. The van der Waals surface area contributed by atoms with Crippen LogP contribution in [0.5, 0.6) is 11.5 Å². The molecule has 0 unspecified atom stereocenters.